The van der Waals surface area contributed by atoms with Gasteiger partial charge in [-0.05, 0) is 68.1 Å². The number of carbonyl (C=O) groups excluding carboxylic acids is 1. The van der Waals surface area contributed by atoms with Crippen molar-refractivity contribution in [3.63, 3.8) is 0 Å². The molecule has 0 aliphatic carbocycles. The summed E-state index contributed by atoms with van der Waals surface area (Å²) in [6.45, 7) is 3.50. The summed E-state index contributed by atoms with van der Waals surface area (Å²) in [5, 5.41) is 12.4. The van der Waals surface area contributed by atoms with Crippen molar-refractivity contribution in [3.05, 3.63) is 72.6 Å². The molecule has 0 atom stereocenters. The molecule has 190 valence electrons. The minimum atomic E-state index is -0.673. The molecule has 1 amide bonds. The number of nitriles is 1. The van der Waals surface area contributed by atoms with Gasteiger partial charge in [-0.25, -0.2) is 9.97 Å². The van der Waals surface area contributed by atoms with Crippen molar-refractivity contribution in [1.29, 1.82) is 5.26 Å². The zero-order valence-corrected chi connectivity index (χ0v) is 20.6. The maximum Gasteiger partial charge on any atom is 0.259 e. The summed E-state index contributed by atoms with van der Waals surface area (Å²) in [5.74, 6) is 2.48. The Labute approximate surface area is 216 Å². The van der Waals surface area contributed by atoms with E-state index >= 15 is 0 Å². The summed E-state index contributed by atoms with van der Waals surface area (Å²) in [6.07, 6.45) is 5.81. The highest BCUT2D eigenvalue weighted by Crippen LogP contribution is 2.33. The molecule has 5 N–H and O–H groups in total. The summed E-state index contributed by atoms with van der Waals surface area (Å²) in [4.78, 5) is 22.2. The molecule has 1 fully saturated rings. The van der Waals surface area contributed by atoms with E-state index in [1.807, 2.05) is 60.7 Å². The molecule has 0 spiro atoms. The van der Waals surface area contributed by atoms with E-state index in [2.05, 4.69) is 20.2 Å². The molecule has 1 aliphatic rings. The van der Waals surface area contributed by atoms with E-state index in [9.17, 15) is 4.79 Å². The van der Waals surface area contributed by atoms with Gasteiger partial charge in [0.15, 0.2) is 0 Å². The van der Waals surface area contributed by atoms with E-state index in [1.165, 1.54) is 6.33 Å². The number of aromatic nitrogens is 2. The third kappa shape index (κ3) is 7.06. The number of piperidine rings is 1. The van der Waals surface area contributed by atoms with Crippen molar-refractivity contribution in [2.45, 2.75) is 19.3 Å². The number of hydrogen-bond donors (Lipinski definition) is 3. The molecule has 3 aromatic rings. The van der Waals surface area contributed by atoms with Gasteiger partial charge in [0.1, 0.15) is 41.1 Å². The Morgan fingerprint density at radius 1 is 1.11 bits per heavy atom. The molecule has 1 aromatic heterocycles. The summed E-state index contributed by atoms with van der Waals surface area (Å²) >= 11 is 0. The normalized spacial score (nSPS) is 14.6. The molecule has 2 aromatic carbocycles. The van der Waals surface area contributed by atoms with E-state index in [4.69, 9.17) is 21.5 Å². The lowest BCUT2D eigenvalue weighted by molar-refractivity contribution is -0.114. The zero-order chi connectivity index (χ0) is 26.0. The number of primary amides is 1. The van der Waals surface area contributed by atoms with Crippen LogP contribution in [-0.2, 0) is 4.79 Å². The first-order valence-electron chi connectivity index (χ1n) is 12.3. The monoisotopic (exact) mass is 497 g/mol. The van der Waals surface area contributed by atoms with Crippen LogP contribution in [0.15, 0.2) is 72.6 Å². The van der Waals surface area contributed by atoms with Gasteiger partial charge in [-0.1, -0.05) is 36.4 Å². The number of nitrogens with zero attached hydrogens (tertiary/aromatic N) is 4. The van der Waals surface area contributed by atoms with Gasteiger partial charge in [0.2, 0.25) is 0 Å². The average Bonchev–Trinajstić information content (AvgIpc) is 2.92. The van der Waals surface area contributed by atoms with Gasteiger partial charge in [0.25, 0.3) is 5.91 Å². The van der Waals surface area contributed by atoms with Crippen LogP contribution in [0.1, 0.15) is 19.3 Å². The standard InChI is InChI=1S/C28H31N7O2/c29-17-22(27(31)36)5-4-14-35-15-12-20(13-16-35)18-32-28-25(26(30)33-19-34-28)21-8-10-24(11-9-21)37-23-6-2-1-3-7-23/h1-3,5-11,19-20H,4,12-16,18H2,(H2,31,36)(H3,30,32,33,34)/b22-5-. The zero-order valence-electron chi connectivity index (χ0n) is 20.6. The Balaban J connectivity index is 1.32. The molecule has 1 aliphatic heterocycles. The van der Waals surface area contributed by atoms with Gasteiger partial charge in [0.05, 0.1) is 5.56 Å². The number of nitrogens with two attached hydrogens (primary N) is 2. The van der Waals surface area contributed by atoms with Gasteiger partial charge in [-0.3, -0.25) is 4.79 Å². The fraction of sp³-hybridized carbons (Fsp3) is 0.286. The molecule has 2 heterocycles. The van der Waals surface area contributed by atoms with Crippen LogP contribution in [0.5, 0.6) is 11.5 Å². The topological polar surface area (TPSA) is 143 Å². The van der Waals surface area contributed by atoms with E-state index in [0.717, 1.165) is 61.6 Å². The first-order valence-corrected chi connectivity index (χ1v) is 12.3. The molecule has 9 nitrogen and oxygen atoms in total. The van der Waals surface area contributed by atoms with Crippen LogP contribution in [0.25, 0.3) is 11.1 Å². The van der Waals surface area contributed by atoms with Gasteiger partial charge >= 0.3 is 0 Å². The molecular formula is C28H31N7O2. The summed E-state index contributed by atoms with van der Waals surface area (Å²) in [6, 6.07) is 19.2. The minimum Gasteiger partial charge on any atom is -0.457 e. The molecule has 0 saturated carbocycles. The van der Waals surface area contributed by atoms with Gasteiger partial charge < -0.3 is 26.4 Å². The van der Waals surface area contributed by atoms with Gasteiger partial charge in [0, 0.05) is 13.1 Å². The van der Waals surface area contributed by atoms with E-state index in [-0.39, 0.29) is 5.57 Å². The van der Waals surface area contributed by atoms with Crippen LogP contribution in [-0.4, -0.2) is 47.0 Å². The molecule has 1 saturated heterocycles. The van der Waals surface area contributed by atoms with Crippen LogP contribution in [0.2, 0.25) is 0 Å². The Hall–Kier alpha value is -4.42. The predicted molar refractivity (Wildman–Crippen MR) is 144 cm³/mol. The maximum absolute atomic E-state index is 11.2. The SMILES string of the molecule is N#C/C(=C/CCN1CCC(CNc2ncnc(N)c2-c2ccc(Oc3ccccc3)cc2)CC1)C(N)=O. The molecular weight excluding hydrogens is 466 g/mol. The van der Waals surface area contributed by atoms with Gasteiger partial charge in [-0.15, -0.1) is 0 Å². The Kier molecular flexibility index (Phi) is 8.68. The number of ether oxygens (including phenoxy) is 1. The number of nitrogen functional groups attached to an aromatic ring is 1. The molecule has 37 heavy (non-hydrogen) atoms. The molecule has 9 heteroatoms. The number of nitrogens with one attached hydrogen (secondary N) is 1. The maximum atomic E-state index is 11.2. The van der Waals surface area contributed by atoms with Crippen LogP contribution in [0, 0.1) is 17.2 Å². The molecule has 0 unspecified atom stereocenters. The highest BCUT2D eigenvalue weighted by molar-refractivity contribution is 5.95. The predicted octanol–water partition coefficient (Wildman–Crippen LogP) is 3.97. The highest BCUT2D eigenvalue weighted by Gasteiger charge is 2.20. The molecule has 4 rings (SSSR count). The van der Waals surface area contributed by atoms with Crippen molar-refractivity contribution in [1.82, 2.24) is 14.9 Å². The van der Waals surface area contributed by atoms with E-state index < -0.39 is 5.91 Å². The van der Waals surface area contributed by atoms with Crippen molar-refractivity contribution in [2.75, 3.05) is 37.2 Å². The lowest BCUT2D eigenvalue weighted by Crippen LogP contribution is -2.36. The summed E-state index contributed by atoms with van der Waals surface area (Å²) < 4.78 is 5.90. The van der Waals surface area contributed by atoms with Crippen molar-refractivity contribution >= 4 is 17.5 Å². The second kappa shape index (κ2) is 12.5. The van der Waals surface area contributed by atoms with Crippen LogP contribution in [0.4, 0.5) is 11.6 Å². The lowest BCUT2D eigenvalue weighted by atomic mass is 9.96. The summed E-state index contributed by atoms with van der Waals surface area (Å²) in [7, 11) is 0. The quantitative estimate of drug-likeness (QED) is 0.282. The first-order chi connectivity index (χ1) is 18.0. The molecule has 0 bridgehead atoms. The second-order valence-corrected chi connectivity index (χ2v) is 8.97. The fourth-order valence-electron chi connectivity index (χ4n) is 4.38. The number of anilines is 2. The molecule has 0 radical (unpaired) electrons. The lowest BCUT2D eigenvalue weighted by Gasteiger charge is -2.32. The second-order valence-electron chi connectivity index (χ2n) is 8.97. The number of hydrogen-bond acceptors (Lipinski definition) is 8. The average molecular weight is 498 g/mol. The first kappa shape index (κ1) is 25.7. The smallest absolute Gasteiger partial charge is 0.259 e. The largest absolute Gasteiger partial charge is 0.457 e. The number of para-hydroxylation sites is 1. The number of carbonyl (C=O) groups is 1. The minimum absolute atomic E-state index is 0.0253. The third-order valence-corrected chi connectivity index (χ3v) is 6.44. The van der Waals surface area contributed by atoms with E-state index in [1.54, 1.807) is 6.08 Å². The van der Waals surface area contributed by atoms with Crippen LogP contribution in [0.3, 0.4) is 0 Å². The van der Waals surface area contributed by atoms with E-state index in [0.29, 0.717) is 24.0 Å². The third-order valence-electron chi connectivity index (χ3n) is 6.44. The Morgan fingerprint density at radius 2 is 1.81 bits per heavy atom. The number of benzene rings is 2. The fourth-order valence-corrected chi connectivity index (χ4v) is 4.38. The Bertz CT molecular complexity index is 1260. The van der Waals surface area contributed by atoms with Crippen molar-refractivity contribution in [2.24, 2.45) is 11.7 Å². The number of rotatable bonds is 10. The number of likely N-dealkylation sites (tertiary alicyclic amines) is 1. The highest BCUT2D eigenvalue weighted by atomic mass is 16.5. The van der Waals surface area contributed by atoms with Crippen LogP contribution < -0.4 is 21.5 Å². The summed E-state index contributed by atoms with van der Waals surface area (Å²) in [5.41, 5.74) is 13.2. The van der Waals surface area contributed by atoms with Crippen LogP contribution >= 0.6 is 0 Å². The van der Waals surface area contributed by atoms with Crippen molar-refractivity contribution < 1.29 is 9.53 Å². The van der Waals surface area contributed by atoms with Crippen molar-refractivity contribution in [3.8, 4) is 28.7 Å². The van der Waals surface area contributed by atoms with Gasteiger partial charge in [-0.2, -0.15) is 5.26 Å². The Morgan fingerprint density at radius 3 is 2.49 bits per heavy atom. The number of amides is 1.